The minimum absolute atomic E-state index is 0.0143. The second-order valence-corrected chi connectivity index (χ2v) is 7.22. The standard InChI is InChI=1S/C11H16Cl2O/c1-9(2)6-4-7-10(3,11(7,12)13)8(5-6)14-9/h6-8H,4-5H2,1-3H3/t6-,7+,8+,10+/m1/s1. The Hall–Kier alpha value is 0.540. The average Bonchev–Trinajstić information content (AvgIpc) is 2.39. The van der Waals surface area contributed by atoms with Crippen molar-refractivity contribution in [2.45, 2.75) is 49.7 Å². The van der Waals surface area contributed by atoms with Gasteiger partial charge in [-0.15, -0.1) is 23.2 Å². The second kappa shape index (κ2) is 2.28. The van der Waals surface area contributed by atoms with Crippen molar-refractivity contribution in [1.82, 2.24) is 0 Å². The van der Waals surface area contributed by atoms with Crippen LogP contribution in [0.1, 0.15) is 33.6 Å². The molecule has 1 saturated heterocycles. The number of rotatable bonds is 0. The Morgan fingerprint density at radius 2 is 1.79 bits per heavy atom. The molecular weight excluding hydrogens is 219 g/mol. The van der Waals surface area contributed by atoms with Gasteiger partial charge in [-0.25, -0.2) is 0 Å². The quantitative estimate of drug-likeness (QED) is 0.585. The molecule has 0 amide bonds. The first-order chi connectivity index (χ1) is 6.30. The van der Waals surface area contributed by atoms with E-state index in [2.05, 4.69) is 20.8 Å². The molecule has 0 radical (unpaired) electrons. The highest BCUT2D eigenvalue weighted by atomic mass is 35.5. The molecule has 1 heterocycles. The van der Waals surface area contributed by atoms with Gasteiger partial charge >= 0.3 is 0 Å². The third-order valence-corrected chi connectivity index (χ3v) is 6.25. The molecule has 3 aliphatic rings. The van der Waals surface area contributed by atoms with E-state index >= 15 is 0 Å². The van der Waals surface area contributed by atoms with Crippen molar-refractivity contribution in [1.29, 1.82) is 0 Å². The van der Waals surface area contributed by atoms with Crippen molar-refractivity contribution < 1.29 is 4.74 Å². The molecule has 1 aliphatic heterocycles. The Kier molecular flexibility index (Phi) is 1.59. The van der Waals surface area contributed by atoms with Crippen LogP contribution < -0.4 is 0 Å². The maximum Gasteiger partial charge on any atom is 0.130 e. The van der Waals surface area contributed by atoms with Crippen LogP contribution in [0.5, 0.6) is 0 Å². The summed E-state index contributed by atoms with van der Waals surface area (Å²) >= 11 is 12.7. The first-order valence-electron chi connectivity index (χ1n) is 5.36. The molecule has 0 N–H and O–H groups in total. The minimum atomic E-state index is -0.525. The van der Waals surface area contributed by atoms with E-state index in [9.17, 15) is 0 Å². The van der Waals surface area contributed by atoms with E-state index in [-0.39, 0.29) is 17.1 Å². The Morgan fingerprint density at radius 3 is 2.43 bits per heavy atom. The summed E-state index contributed by atoms with van der Waals surface area (Å²) in [5, 5.41) is 0. The maximum absolute atomic E-state index is 6.33. The molecule has 4 atom stereocenters. The monoisotopic (exact) mass is 234 g/mol. The van der Waals surface area contributed by atoms with Gasteiger partial charge in [-0.1, -0.05) is 6.92 Å². The summed E-state index contributed by atoms with van der Waals surface area (Å²) in [7, 11) is 0. The zero-order valence-electron chi connectivity index (χ0n) is 8.81. The molecule has 2 saturated carbocycles. The first kappa shape index (κ1) is 9.74. The van der Waals surface area contributed by atoms with Gasteiger partial charge in [0.15, 0.2) is 0 Å². The number of ether oxygens (including phenoxy) is 1. The second-order valence-electron chi connectivity index (χ2n) is 5.84. The van der Waals surface area contributed by atoms with Crippen LogP contribution in [0, 0.1) is 17.3 Å². The first-order valence-corrected chi connectivity index (χ1v) is 6.11. The maximum atomic E-state index is 6.33. The lowest BCUT2D eigenvalue weighted by Crippen LogP contribution is -2.28. The molecule has 14 heavy (non-hydrogen) atoms. The van der Waals surface area contributed by atoms with E-state index in [0.717, 1.165) is 12.8 Å². The lowest BCUT2D eigenvalue weighted by atomic mass is 9.77. The fraction of sp³-hybridized carbons (Fsp3) is 1.00. The third kappa shape index (κ3) is 0.842. The summed E-state index contributed by atoms with van der Waals surface area (Å²) in [6.07, 6.45) is 2.55. The topological polar surface area (TPSA) is 9.23 Å². The van der Waals surface area contributed by atoms with Gasteiger partial charge in [0.25, 0.3) is 0 Å². The van der Waals surface area contributed by atoms with Gasteiger partial charge in [-0.05, 0) is 32.6 Å². The lowest BCUT2D eigenvalue weighted by Gasteiger charge is -2.25. The molecule has 0 aromatic heterocycles. The molecule has 2 bridgehead atoms. The molecule has 3 heteroatoms. The molecule has 80 valence electrons. The van der Waals surface area contributed by atoms with Gasteiger partial charge in [0, 0.05) is 11.3 Å². The van der Waals surface area contributed by atoms with Crippen molar-refractivity contribution in [3.05, 3.63) is 0 Å². The van der Waals surface area contributed by atoms with Crippen LogP contribution >= 0.6 is 23.2 Å². The molecule has 2 aliphatic carbocycles. The summed E-state index contributed by atoms with van der Waals surface area (Å²) < 4.78 is 5.57. The van der Waals surface area contributed by atoms with Gasteiger partial charge in [-0.2, -0.15) is 0 Å². The van der Waals surface area contributed by atoms with Gasteiger partial charge in [-0.3, -0.25) is 0 Å². The molecule has 0 spiro atoms. The molecule has 3 fully saturated rings. The molecule has 1 nitrogen and oxygen atoms in total. The van der Waals surface area contributed by atoms with Gasteiger partial charge in [0.05, 0.1) is 11.7 Å². The zero-order chi connectivity index (χ0) is 10.4. The van der Waals surface area contributed by atoms with Crippen LogP contribution in [0.25, 0.3) is 0 Å². The lowest BCUT2D eigenvalue weighted by molar-refractivity contribution is -0.0485. The van der Waals surface area contributed by atoms with E-state index in [1.54, 1.807) is 0 Å². The van der Waals surface area contributed by atoms with E-state index in [4.69, 9.17) is 27.9 Å². The molecule has 0 aromatic rings. The molecule has 3 rings (SSSR count). The summed E-state index contributed by atoms with van der Waals surface area (Å²) in [5.41, 5.74) is 0.0470. The predicted molar refractivity (Wildman–Crippen MR) is 57.7 cm³/mol. The highest BCUT2D eigenvalue weighted by Crippen LogP contribution is 2.78. The Labute approximate surface area is 95.1 Å². The van der Waals surface area contributed by atoms with E-state index in [1.807, 2.05) is 0 Å². The molecular formula is C11H16Cl2O. The van der Waals surface area contributed by atoms with Gasteiger partial charge in [0.1, 0.15) is 4.33 Å². The largest absolute Gasteiger partial charge is 0.371 e. The van der Waals surface area contributed by atoms with Crippen molar-refractivity contribution in [3.8, 4) is 0 Å². The van der Waals surface area contributed by atoms with Gasteiger partial charge in [0.2, 0.25) is 0 Å². The summed E-state index contributed by atoms with van der Waals surface area (Å²) in [5.74, 6) is 1.09. The van der Waals surface area contributed by atoms with E-state index in [0.29, 0.717) is 11.8 Å². The SMILES string of the molecule is CC1(C)O[C@H]2C[C@H]1C[C@@H]1C(Cl)(Cl)[C@]21C. The van der Waals surface area contributed by atoms with Gasteiger partial charge < -0.3 is 4.74 Å². The number of hydrogen-bond donors (Lipinski definition) is 0. The zero-order valence-corrected chi connectivity index (χ0v) is 10.3. The normalized spacial score (nSPS) is 56.8. The van der Waals surface area contributed by atoms with E-state index < -0.39 is 4.33 Å². The van der Waals surface area contributed by atoms with Crippen molar-refractivity contribution in [2.24, 2.45) is 17.3 Å². The van der Waals surface area contributed by atoms with Crippen LogP contribution in [0.15, 0.2) is 0 Å². The van der Waals surface area contributed by atoms with Crippen LogP contribution in [0.4, 0.5) is 0 Å². The summed E-state index contributed by atoms with van der Waals surface area (Å²) in [4.78, 5) is 0. The van der Waals surface area contributed by atoms with Crippen molar-refractivity contribution >= 4 is 23.2 Å². The molecule has 0 aromatic carbocycles. The van der Waals surface area contributed by atoms with Crippen molar-refractivity contribution in [2.75, 3.05) is 0 Å². The fourth-order valence-corrected chi connectivity index (χ4v) is 4.58. The van der Waals surface area contributed by atoms with Crippen LogP contribution in [-0.4, -0.2) is 16.0 Å². The Morgan fingerprint density at radius 1 is 1.14 bits per heavy atom. The number of fused-ring (bicyclic) bond motifs is 4. The highest BCUT2D eigenvalue weighted by molar-refractivity contribution is 6.52. The van der Waals surface area contributed by atoms with E-state index in [1.165, 1.54) is 0 Å². The minimum Gasteiger partial charge on any atom is -0.371 e. The Balaban J connectivity index is 1.96. The summed E-state index contributed by atoms with van der Waals surface area (Å²) in [6.45, 7) is 6.56. The van der Waals surface area contributed by atoms with Crippen LogP contribution in [0.3, 0.4) is 0 Å². The average molecular weight is 235 g/mol. The Bertz CT molecular complexity index is 300. The number of alkyl halides is 2. The highest BCUT2D eigenvalue weighted by Gasteiger charge is 2.80. The molecule has 0 unspecified atom stereocenters. The van der Waals surface area contributed by atoms with Crippen LogP contribution in [0.2, 0.25) is 0 Å². The van der Waals surface area contributed by atoms with Crippen molar-refractivity contribution in [3.63, 3.8) is 0 Å². The number of hydrogen-bond acceptors (Lipinski definition) is 1. The number of halogens is 2. The smallest absolute Gasteiger partial charge is 0.130 e. The summed E-state index contributed by atoms with van der Waals surface area (Å²) in [6, 6.07) is 0. The predicted octanol–water partition coefficient (Wildman–Crippen LogP) is 3.38. The third-order valence-electron chi connectivity index (χ3n) is 4.91. The fourth-order valence-electron chi connectivity index (χ4n) is 3.55. The van der Waals surface area contributed by atoms with Crippen LogP contribution in [-0.2, 0) is 4.74 Å².